The van der Waals surface area contributed by atoms with Gasteiger partial charge in [0, 0.05) is 46.0 Å². The van der Waals surface area contributed by atoms with E-state index < -0.39 is 17.7 Å². The number of likely N-dealkylation sites (N-methyl/N-ethyl adjacent to an activating group) is 1. The van der Waals surface area contributed by atoms with Gasteiger partial charge >= 0.3 is 0 Å². The van der Waals surface area contributed by atoms with Gasteiger partial charge in [-0.1, -0.05) is 11.6 Å². The van der Waals surface area contributed by atoms with E-state index in [1.807, 2.05) is 0 Å². The third-order valence-electron chi connectivity index (χ3n) is 7.82. The quantitative estimate of drug-likeness (QED) is 0.171. The number of hydrogen-bond donors (Lipinski definition) is 2. The third-order valence-corrected chi connectivity index (χ3v) is 8.14. The monoisotopic (exact) mass is 675 g/mol. The maximum absolute atomic E-state index is 14.7. The van der Waals surface area contributed by atoms with Crippen molar-refractivity contribution in [2.24, 2.45) is 7.05 Å². The fourth-order valence-corrected chi connectivity index (χ4v) is 5.35. The smallest absolute Gasteiger partial charge is 0.291 e. The molecule has 4 rings (SSSR count). The molecular weight excluding hydrogens is 634 g/mol. The minimum absolute atomic E-state index is 0.0409. The lowest BCUT2D eigenvalue weighted by Crippen LogP contribution is -2.46. The van der Waals surface area contributed by atoms with Crippen LogP contribution in [0.15, 0.2) is 30.5 Å². The molecule has 47 heavy (non-hydrogen) atoms. The Morgan fingerprint density at radius 1 is 1.09 bits per heavy atom. The number of piperidine rings is 1. The lowest BCUT2D eigenvalue weighted by atomic mass is 10.0. The van der Waals surface area contributed by atoms with Gasteiger partial charge in [-0.15, -0.1) is 0 Å². The molecule has 0 aliphatic carbocycles. The van der Waals surface area contributed by atoms with Crippen molar-refractivity contribution in [2.75, 3.05) is 78.3 Å². The van der Waals surface area contributed by atoms with Gasteiger partial charge in [0.15, 0.2) is 17.5 Å². The summed E-state index contributed by atoms with van der Waals surface area (Å²) in [5.74, 6) is -2.78. The van der Waals surface area contributed by atoms with E-state index in [2.05, 4.69) is 41.7 Å². The first-order valence-electron chi connectivity index (χ1n) is 15.3. The second-order valence-corrected chi connectivity index (χ2v) is 13.1. The summed E-state index contributed by atoms with van der Waals surface area (Å²) in [6.45, 7) is 2.93. The Hall–Kier alpha value is -4.14. The Kier molecular flexibility index (Phi) is 11.5. The third kappa shape index (κ3) is 9.24. The number of nitrogens with one attached hydrogen (secondary N) is 2. The second-order valence-electron chi connectivity index (χ2n) is 12.7. The second kappa shape index (κ2) is 15.2. The summed E-state index contributed by atoms with van der Waals surface area (Å²) in [5.41, 5.74) is 0.557. The highest BCUT2D eigenvalue weighted by Crippen LogP contribution is 2.28. The number of imidazole rings is 1. The van der Waals surface area contributed by atoms with E-state index in [9.17, 15) is 23.2 Å². The van der Waals surface area contributed by atoms with Crippen LogP contribution in [0.4, 0.5) is 20.3 Å². The highest BCUT2D eigenvalue weighted by molar-refractivity contribution is 6.34. The molecule has 1 aliphatic heterocycles. The van der Waals surface area contributed by atoms with E-state index in [4.69, 9.17) is 16.3 Å². The number of benzene rings is 1. The number of likely N-dealkylation sites (tertiary alicyclic amines) is 1. The molecule has 12 nitrogen and oxygen atoms in total. The zero-order valence-electron chi connectivity index (χ0n) is 27.6. The largest absolute Gasteiger partial charge is 0.375 e. The molecule has 0 radical (unpaired) electrons. The fraction of sp³-hybridized carbons (Fsp3) is 0.469. The van der Waals surface area contributed by atoms with Gasteiger partial charge in [0.1, 0.15) is 6.54 Å². The SMILES string of the molecule is CN(C)c1nc(F)c(-c2cnc(C(=O)Nc3ccc(C(=O)NC4CCN(C(=O)CCOCC[N+](C)(C)C)CC4)c(Cl)c3)n2C)cc1F. The van der Waals surface area contributed by atoms with E-state index in [0.717, 1.165) is 17.1 Å². The van der Waals surface area contributed by atoms with Gasteiger partial charge in [-0.05, 0) is 37.1 Å². The molecule has 254 valence electrons. The standard InChI is InChI=1S/C32H41ClF2N8O4/c1-40(2)29-25(34)18-23(28(35)39-29)26-19-36-30(41(26)3)32(46)38-21-7-8-22(24(33)17-21)31(45)37-20-9-12-42(13-10-20)27(44)11-15-47-16-14-43(4,5)6/h7-8,17-20H,9-16H2,1-6H3,(H-,37,38,45,46)/p+1. The summed E-state index contributed by atoms with van der Waals surface area (Å²) in [7, 11) is 10.8. The van der Waals surface area contributed by atoms with Crippen molar-refractivity contribution < 1.29 is 32.4 Å². The predicted molar refractivity (Wildman–Crippen MR) is 175 cm³/mol. The molecular formula is C32H42ClF2N8O4+. The number of rotatable bonds is 12. The molecule has 1 aliphatic rings. The lowest BCUT2D eigenvalue weighted by Gasteiger charge is -2.32. The normalized spacial score (nSPS) is 13.9. The van der Waals surface area contributed by atoms with Crippen LogP contribution in [-0.2, 0) is 16.6 Å². The van der Waals surface area contributed by atoms with Crippen molar-refractivity contribution in [1.82, 2.24) is 24.8 Å². The van der Waals surface area contributed by atoms with Crippen LogP contribution in [-0.4, -0.2) is 116 Å². The van der Waals surface area contributed by atoms with Crippen LogP contribution in [0.2, 0.25) is 5.02 Å². The Labute approximate surface area is 278 Å². The molecule has 15 heteroatoms. The van der Waals surface area contributed by atoms with Gasteiger partial charge in [-0.25, -0.2) is 9.37 Å². The molecule has 0 atom stereocenters. The summed E-state index contributed by atoms with van der Waals surface area (Å²) in [5, 5.41) is 5.78. The van der Waals surface area contributed by atoms with Crippen LogP contribution in [0.3, 0.4) is 0 Å². The molecule has 3 heterocycles. The number of hydrogen-bond acceptors (Lipinski definition) is 7. The predicted octanol–water partition coefficient (Wildman–Crippen LogP) is 3.57. The lowest BCUT2D eigenvalue weighted by molar-refractivity contribution is -0.870. The van der Waals surface area contributed by atoms with Crippen molar-refractivity contribution in [2.45, 2.75) is 25.3 Å². The van der Waals surface area contributed by atoms with E-state index in [1.54, 1.807) is 19.0 Å². The first-order chi connectivity index (χ1) is 22.1. The average Bonchev–Trinajstić information content (AvgIpc) is 3.38. The number of carbonyl (C=O) groups excluding carboxylic acids is 3. The van der Waals surface area contributed by atoms with Gasteiger partial charge in [0.25, 0.3) is 11.8 Å². The molecule has 0 bridgehead atoms. The molecule has 3 amide bonds. The van der Waals surface area contributed by atoms with Crippen molar-refractivity contribution in [3.63, 3.8) is 0 Å². The zero-order valence-corrected chi connectivity index (χ0v) is 28.3. The van der Waals surface area contributed by atoms with Crippen molar-refractivity contribution in [1.29, 1.82) is 0 Å². The van der Waals surface area contributed by atoms with E-state index in [1.165, 1.54) is 40.9 Å². The van der Waals surface area contributed by atoms with Crippen LogP contribution in [0.1, 0.15) is 40.2 Å². The Bertz CT molecular complexity index is 1620. The minimum Gasteiger partial charge on any atom is -0.375 e. The number of amides is 3. The minimum atomic E-state index is -0.906. The number of halogens is 3. The van der Waals surface area contributed by atoms with Crippen molar-refractivity contribution >= 4 is 40.8 Å². The maximum Gasteiger partial charge on any atom is 0.291 e. The molecule has 1 fully saturated rings. The summed E-state index contributed by atoms with van der Waals surface area (Å²) in [6.07, 6.45) is 2.82. The summed E-state index contributed by atoms with van der Waals surface area (Å²) in [6, 6.07) is 5.37. The molecule has 3 aromatic rings. The molecule has 0 saturated carbocycles. The van der Waals surface area contributed by atoms with Gasteiger partial charge in [-0.2, -0.15) is 9.37 Å². The van der Waals surface area contributed by atoms with Crippen molar-refractivity contribution in [3.8, 4) is 11.3 Å². The molecule has 0 unspecified atom stereocenters. The number of carbonyl (C=O) groups is 3. The van der Waals surface area contributed by atoms with Crippen molar-refractivity contribution in [3.05, 3.63) is 58.6 Å². The molecule has 2 aromatic heterocycles. The fourth-order valence-electron chi connectivity index (χ4n) is 5.08. The molecule has 1 aromatic carbocycles. The topological polar surface area (TPSA) is 122 Å². The first-order valence-corrected chi connectivity index (χ1v) is 15.7. The number of pyridine rings is 1. The van der Waals surface area contributed by atoms with Crippen LogP contribution in [0.5, 0.6) is 0 Å². The van der Waals surface area contributed by atoms with Crippen LogP contribution in [0.25, 0.3) is 11.3 Å². The molecule has 1 saturated heterocycles. The molecule has 0 spiro atoms. The number of quaternary nitrogens is 1. The highest BCUT2D eigenvalue weighted by atomic mass is 35.5. The Morgan fingerprint density at radius 2 is 1.79 bits per heavy atom. The summed E-state index contributed by atoms with van der Waals surface area (Å²) < 4.78 is 37.0. The average molecular weight is 676 g/mol. The zero-order chi connectivity index (χ0) is 34.5. The van der Waals surface area contributed by atoms with E-state index in [-0.39, 0.29) is 51.3 Å². The van der Waals surface area contributed by atoms with Gasteiger partial charge < -0.3 is 34.2 Å². The van der Waals surface area contributed by atoms with Crippen LogP contribution < -0.4 is 15.5 Å². The first kappa shape index (κ1) is 35.7. The van der Waals surface area contributed by atoms with E-state index in [0.29, 0.717) is 51.3 Å². The Morgan fingerprint density at radius 3 is 2.43 bits per heavy atom. The molecule has 2 N–H and O–H groups in total. The number of aromatic nitrogens is 3. The number of ether oxygens (including phenoxy) is 1. The van der Waals surface area contributed by atoms with Gasteiger partial charge in [0.05, 0.1) is 68.8 Å². The number of nitrogens with zero attached hydrogens (tertiary/aromatic N) is 6. The summed E-state index contributed by atoms with van der Waals surface area (Å²) in [4.78, 5) is 49.5. The van der Waals surface area contributed by atoms with Crippen LogP contribution >= 0.6 is 11.6 Å². The number of anilines is 2. The Balaban J connectivity index is 1.29. The maximum atomic E-state index is 14.7. The van der Waals surface area contributed by atoms with Crippen LogP contribution in [0, 0.1) is 11.8 Å². The highest BCUT2D eigenvalue weighted by Gasteiger charge is 2.25. The van der Waals surface area contributed by atoms with E-state index >= 15 is 0 Å². The summed E-state index contributed by atoms with van der Waals surface area (Å²) >= 11 is 6.43. The van der Waals surface area contributed by atoms with Gasteiger partial charge in [-0.3, -0.25) is 14.4 Å². The van der Waals surface area contributed by atoms with Gasteiger partial charge in [0.2, 0.25) is 11.9 Å².